The average molecular weight is 352 g/mol. The molecule has 1 fully saturated rings. The number of halogens is 1. The number of thiazole rings is 1. The van der Waals surface area contributed by atoms with Crippen molar-refractivity contribution in [3.8, 4) is 0 Å². The van der Waals surface area contributed by atoms with E-state index in [1.807, 2.05) is 25.3 Å². The van der Waals surface area contributed by atoms with E-state index in [9.17, 15) is 0 Å². The molecule has 1 aromatic heterocycles. The Morgan fingerprint density at radius 1 is 1.30 bits per heavy atom. The first-order valence-corrected chi connectivity index (χ1v) is 9.11. The minimum atomic E-state index is 0.338. The molecule has 1 aromatic carbocycles. The topological polar surface area (TPSA) is 37.4 Å². The van der Waals surface area contributed by atoms with Crippen molar-refractivity contribution in [1.29, 1.82) is 0 Å². The highest BCUT2D eigenvalue weighted by molar-refractivity contribution is 7.11. The van der Waals surface area contributed by atoms with Crippen LogP contribution in [0.1, 0.15) is 21.5 Å². The number of morpholine rings is 1. The minimum Gasteiger partial charge on any atom is -0.379 e. The summed E-state index contributed by atoms with van der Waals surface area (Å²) in [5.74, 6) is 0. The van der Waals surface area contributed by atoms with Crippen LogP contribution < -0.4 is 5.32 Å². The predicted molar refractivity (Wildman–Crippen MR) is 95.1 cm³/mol. The van der Waals surface area contributed by atoms with E-state index in [2.05, 4.69) is 27.3 Å². The van der Waals surface area contributed by atoms with Crippen LogP contribution in [0.3, 0.4) is 0 Å². The molecule has 0 spiro atoms. The number of rotatable bonds is 6. The molecule has 0 amide bonds. The molecule has 3 rings (SSSR count). The lowest BCUT2D eigenvalue weighted by Gasteiger charge is -2.35. The summed E-state index contributed by atoms with van der Waals surface area (Å²) < 4.78 is 5.49. The van der Waals surface area contributed by atoms with Gasteiger partial charge < -0.3 is 10.1 Å². The van der Waals surface area contributed by atoms with Crippen molar-refractivity contribution in [2.45, 2.75) is 19.5 Å². The van der Waals surface area contributed by atoms with E-state index < -0.39 is 0 Å². The SMILES string of the molecule is Cc1ncc(CNCC(c2ccc(Cl)cc2)N2CCOCC2)s1. The first kappa shape index (κ1) is 16.9. The fraction of sp³-hybridized carbons (Fsp3) is 0.471. The molecular weight excluding hydrogens is 330 g/mol. The highest BCUT2D eigenvalue weighted by Gasteiger charge is 2.22. The fourth-order valence-electron chi connectivity index (χ4n) is 2.85. The second-order valence-electron chi connectivity index (χ2n) is 5.69. The molecule has 1 aliphatic rings. The molecule has 0 saturated carbocycles. The van der Waals surface area contributed by atoms with Crippen LogP contribution in [0.5, 0.6) is 0 Å². The van der Waals surface area contributed by atoms with Crippen molar-refractivity contribution in [1.82, 2.24) is 15.2 Å². The van der Waals surface area contributed by atoms with Crippen molar-refractivity contribution >= 4 is 22.9 Å². The Morgan fingerprint density at radius 2 is 2.04 bits per heavy atom. The Kier molecular flexibility index (Phi) is 6.02. The molecule has 2 heterocycles. The van der Waals surface area contributed by atoms with Crippen LogP contribution in [-0.2, 0) is 11.3 Å². The van der Waals surface area contributed by atoms with Crippen LogP contribution in [0.25, 0.3) is 0 Å². The van der Waals surface area contributed by atoms with Gasteiger partial charge in [-0.15, -0.1) is 11.3 Å². The molecule has 0 bridgehead atoms. The van der Waals surface area contributed by atoms with E-state index in [1.165, 1.54) is 10.4 Å². The van der Waals surface area contributed by atoms with Gasteiger partial charge in [-0.05, 0) is 24.6 Å². The van der Waals surface area contributed by atoms with E-state index in [4.69, 9.17) is 16.3 Å². The van der Waals surface area contributed by atoms with Crippen molar-refractivity contribution < 1.29 is 4.74 Å². The minimum absolute atomic E-state index is 0.338. The molecule has 23 heavy (non-hydrogen) atoms. The third kappa shape index (κ3) is 4.75. The molecule has 1 N–H and O–H groups in total. The molecule has 6 heteroatoms. The summed E-state index contributed by atoms with van der Waals surface area (Å²) in [6, 6.07) is 8.53. The zero-order chi connectivity index (χ0) is 16.1. The molecule has 2 aromatic rings. The van der Waals surface area contributed by atoms with Gasteiger partial charge in [-0.1, -0.05) is 23.7 Å². The Morgan fingerprint density at radius 3 is 2.70 bits per heavy atom. The molecule has 0 radical (unpaired) electrons. The second-order valence-corrected chi connectivity index (χ2v) is 7.45. The highest BCUT2D eigenvalue weighted by Crippen LogP contribution is 2.23. The van der Waals surface area contributed by atoms with Gasteiger partial charge in [-0.2, -0.15) is 0 Å². The van der Waals surface area contributed by atoms with Gasteiger partial charge in [0.25, 0.3) is 0 Å². The number of nitrogens with one attached hydrogen (secondary N) is 1. The molecule has 0 aliphatic carbocycles. The van der Waals surface area contributed by atoms with Gasteiger partial charge in [-0.25, -0.2) is 4.98 Å². The third-order valence-electron chi connectivity index (χ3n) is 4.05. The maximum Gasteiger partial charge on any atom is 0.0897 e. The lowest BCUT2D eigenvalue weighted by atomic mass is 10.0. The number of aryl methyl sites for hydroxylation is 1. The van der Waals surface area contributed by atoms with Crippen molar-refractivity contribution in [2.75, 3.05) is 32.8 Å². The molecule has 4 nitrogen and oxygen atoms in total. The summed E-state index contributed by atoms with van der Waals surface area (Å²) in [5.41, 5.74) is 1.30. The van der Waals surface area contributed by atoms with Crippen molar-refractivity contribution in [3.63, 3.8) is 0 Å². The average Bonchev–Trinajstić information content (AvgIpc) is 2.99. The molecule has 1 unspecified atom stereocenters. The van der Waals surface area contributed by atoms with Gasteiger partial charge in [0, 0.05) is 48.3 Å². The number of hydrogen-bond donors (Lipinski definition) is 1. The number of aromatic nitrogens is 1. The molecule has 1 aliphatic heterocycles. The summed E-state index contributed by atoms with van der Waals surface area (Å²) in [5, 5.41) is 5.48. The van der Waals surface area contributed by atoms with Gasteiger partial charge in [0.1, 0.15) is 0 Å². The molecule has 124 valence electrons. The van der Waals surface area contributed by atoms with Gasteiger partial charge in [0.15, 0.2) is 0 Å². The van der Waals surface area contributed by atoms with Gasteiger partial charge in [0.05, 0.1) is 18.2 Å². The number of benzene rings is 1. The molecular formula is C17H22ClN3OS. The summed E-state index contributed by atoms with van der Waals surface area (Å²) in [7, 11) is 0. The quantitative estimate of drug-likeness (QED) is 0.866. The summed E-state index contributed by atoms with van der Waals surface area (Å²) in [4.78, 5) is 8.07. The number of ether oxygens (including phenoxy) is 1. The van der Waals surface area contributed by atoms with Crippen molar-refractivity contribution in [2.24, 2.45) is 0 Å². The summed E-state index contributed by atoms with van der Waals surface area (Å²) in [6.45, 7) is 7.34. The lowest BCUT2D eigenvalue weighted by Crippen LogP contribution is -2.42. The molecule has 1 atom stereocenters. The van der Waals surface area contributed by atoms with Crippen LogP contribution in [0.2, 0.25) is 5.02 Å². The Hall–Kier alpha value is -0.980. The van der Waals surface area contributed by atoms with Crippen LogP contribution in [-0.4, -0.2) is 42.7 Å². The van der Waals surface area contributed by atoms with E-state index in [0.29, 0.717) is 6.04 Å². The zero-order valence-corrected chi connectivity index (χ0v) is 14.9. The van der Waals surface area contributed by atoms with E-state index in [0.717, 1.165) is 49.4 Å². The predicted octanol–water partition coefficient (Wildman–Crippen LogP) is 3.27. The molecule has 1 saturated heterocycles. The Bertz CT molecular complexity index is 611. The van der Waals surface area contributed by atoms with Crippen LogP contribution in [0.4, 0.5) is 0 Å². The lowest BCUT2D eigenvalue weighted by molar-refractivity contribution is 0.0161. The standard InChI is InChI=1S/C17H22ClN3OS/c1-13-20-11-16(23-13)10-19-12-17(21-6-8-22-9-7-21)14-2-4-15(18)5-3-14/h2-5,11,17,19H,6-10,12H2,1H3. The maximum absolute atomic E-state index is 6.03. The van der Waals surface area contributed by atoms with E-state index in [-0.39, 0.29) is 0 Å². The first-order valence-electron chi connectivity index (χ1n) is 7.91. The Balaban J connectivity index is 1.65. The van der Waals surface area contributed by atoms with Crippen LogP contribution in [0.15, 0.2) is 30.5 Å². The van der Waals surface area contributed by atoms with Gasteiger partial charge in [0.2, 0.25) is 0 Å². The van der Waals surface area contributed by atoms with Crippen LogP contribution in [0, 0.1) is 6.92 Å². The number of nitrogens with zero attached hydrogens (tertiary/aromatic N) is 2. The normalized spacial score (nSPS) is 17.3. The monoisotopic (exact) mass is 351 g/mol. The zero-order valence-electron chi connectivity index (χ0n) is 13.3. The number of hydrogen-bond acceptors (Lipinski definition) is 5. The summed E-state index contributed by atoms with van der Waals surface area (Å²) in [6.07, 6.45) is 1.96. The van der Waals surface area contributed by atoms with E-state index >= 15 is 0 Å². The van der Waals surface area contributed by atoms with Gasteiger partial charge >= 0.3 is 0 Å². The fourth-order valence-corrected chi connectivity index (χ4v) is 3.74. The maximum atomic E-state index is 6.03. The largest absolute Gasteiger partial charge is 0.379 e. The van der Waals surface area contributed by atoms with Gasteiger partial charge in [-0.3, -0.25) is 4.90 Å². The van der Waals surface area contributed by atoms with Crippen LogP contribution >= 0.6 is 22.9 Å². The van der Waals surface area contributed by atoms with Crippen molar-refractivity contribution in [3.05, 3.63) is 50.9 Å². The second kappa shape index (κ2) is 8.22. The third-order valence-corrected chi connectivity index (χ3v) is 5.21. The highest BCUT2D eigenvalue weighted by atomic mass is 35.5. The Labute approximate surface area is 146 Å². The summed E-state index contributed by atoms with van der Waals surface area (Å²) >= 11 is 7.78. The smallest absolute Gasteiger partial charge is 0.0897 e. The van der Waals surface area contributed by atoms with E-state index in [1.54, 1.807) is 11.3 Å². The first-order chi connectivity index (χ1) is 11.2.